The molecule has 1 atom stereocenters. The summed E-state index contributed by atoms with van der Waals surface area (Å²) in [6.07, 6.45) is 0.484. The van der Waals surface area contributed by atoms with Crippen molar-refractivity contribution < 1.29 is 9.53 Å². The van der Waals surface area contributed by atoms with Crippen LogP contribution in [0.4, 0.5) is 0 Å². The minimum absolute atomic E-state index is 0.0766. The summed E-state index contributed by atoms with van der Waals surface area (Å²) in [5.74, 6) is 0.464. The van der Waals surface area contributed by atoms with E-state index in [1.807, 2.05) is 44.2 Å². The Morgan fingerprint density at radius 1 is 1.29 bits per heavy atom. The Balaban J connectivity index is 2.46. The Kier molecular flexibility index (Phi) is 5.70. The second-order valence-electron chi connectivity index (χ2n) is 4.54. The SMILES string of the molecule is CO[C@@H](CNC(=O)CC(C)C)c1ccccc1. The fourth-order valence-corrected chi connectivity index (χ4v) is 1.65. The summed E-state index contributed by atoms with van der Waals surface area (Å²) < 4.78 is 5.38. The highest BCUT2D eigenvalue weighted by molar-refractivity contribution is 5.76. The standard InChI is InChI=1S/C14H21NO2/c1-11(2)9-14(16)15-10-13(17-3)12-7-5-4-6-8-12/h4-8,11,13H,9-10H2,1-3H3,(H,15,16)/t13-/m0/s1. The molecule has 1 aromatic carbocycles. The molecule has 1 aromatic rings. The van der Waals surface area contributed by atoms with E-state index in [0.717, 1.165) is 5.56 Å². The van der Waals surface area contributed by atoms with Gasteiger partial charge in [0, 0.05) is 20.1 Å². The third-order valence-corrected chi connectivity index (χ3v) is 2.53. The molecule has 1 N–H and O–H groups in total. The van der Waals surface area contributed by atoms with Gasteiger partial charge in [0.05, 0.1) is 6.10 Å². The van der Waals surface area contributed by atoms with Gasteiger partial charge in [0.25, 0.3) is 0 Å². The summed E-state index contributed by atoms with van der Waals surface area (Å²) in [4.78, 5) is 11.5. The molecule has 0 saturated carbocycles. The van der Waals surface area contributed by atoms with Crippen molar-refractivity contribution in [3.8, 4) is 0 Å². The van der Waals surface area contributed by atoms with Crippen molar-refractivity contribution in [1.29, 1.82) is 0 Å². The summed E-state index contributed by atoms with van der Waals surface area (Å²) in [5.41, 5.74) is 1.08. The van der Waals surface area contributed by atoms with Crippen LogP contribution in [-0.4, -0.2) is 19.6 Å². The zero-order chi connectivity index (χ0) is 12.7. The number of nitrogens with one attached hydrogen (secondary N) is 1. The first-order valence-corrected chi connectivity index (χ1v) is 5.98. The first-order valence-electron chi connectivity index (χ1n) is 5.98. The molecule has 0 aliphatic carbocycles. The molecule has 1 amide bonds. The highest BCUT2D eigenvalue weighted by Gasteiger charge is 2.12. The molecule has 17 heavy (non-hydrogen) atoms. The van der Waals surface area contributed by atoms with Gasteiger partial charge in [-0.2, -0.15) is 0 Å². The first-order chi connectivity index (χ1) is 8.13. The highest BCUT2D eigenvalue weighted by atomic mass is 16.5. The second kappa shape index (κ2) is 7.07. The molecule has 0 heterocycles. The maximum absolute atomic E-state index is 11.5. The van der Waals surface area contributed by atoms with Crippen LogP contribution in [0, 0.1) is 5.92 Å². The normalized spacial score (nSPS) is 12.5. The van der Waals surface area contributed by atoms with Gasteiger partial charge in [-0.1, -0.05) is 44.2 Å². The van der Waals surface area contributed by atoms with Crippen LogP contribution in [0.15, 0.2) is 30.3 Å². The van der Waals surface area contributed by atoms with Gasteiger partial charge in [-0.25, -0.2) is 0 Å². The van der Waals surface area contributed by atoms with Gasteiger partial charge in [-0.3, -0.25) is 4.79 Å². The van der Waals surface area contributed by atoms with Crippen molar-refractivity contribution in [1.82, 2.24) is 5.32 Å². The molecule has 0 fully saturated rings. The largest absolute Gasteiger partial charge is 0.375 e. The van der Waals surface area contributed by atoms with Crippen LogP contribution >= 0.6 is 0 Å². The van der Waals surface area contributed by atoms with E-state index in [0.29, 0.717) is 18.9 Å². The lowest BCUT2D eigenvalue weighted by Crippen LogP contribution is -2.29. The van der Waals surface area contributed by atoms with E-state index in [1.165, 1.54) is 0 Å². The third-order valence-electron chi connectivity index (χ3n) is 2.53. The molecule has 3 heteroatoms. The van der Waals surface area contributed by atoms with Crippen LogP contribution < -0.4 is 5.32 Å². The van der Waals surface area contributed by atoms with Gasteiger partial charge in [0.15, 0.2) is 0 Å². The van der Waals surface area contributed by atoms with Crippen molar-refractivity contribution in [3.63, 3.8) is 0 Å². The molecule has 0 radical (unpaired) electrons. The fraction of sp³-hybridized carbons (Fsp3) is 0.500. The molecule has 0 aromatic heterocycles. The predicted molar refractivity (Wildman–Crippen MR) is 68.7 cm³/mol. The molecule has 0 bridgehead atoms. The maximum atomic E-state index is 11.5. The monoisotopic (exact) mass is 235 g/mol. The number of hydrogen-bond acceptors (Lipinski definition) is 2. The Morgan fingerprint density at radius 3 is 2.47 bits per heavy atom. The Morgan fingerprint density at radius 2 is 1.94 bits per heavy atom. The molecule has 1 rings (SSSR count). The van der Waals surface area contributed by atoms with Gasteiger partial charge in [-0.05, 0) is 11.5 Å². The number of hydrogen-bond donors (Lipinski definition) is 1. The zero-order valence-corrected chi connectivity index (χ0v) is 10.8. The van der Waals surface area contributed by atoms with Crippen LogP contribution in [-0.2, 0) is 9.53 Å². The van der Waals surface area contributed by atoms with E-state index in [2.05, 4.69) is 5.32 Å². The second-order valence-corrected chi connectivity index (χ2v) is 4.54. The molecular weight excluding hydrogens is 214 g/mol. The molecule has 0 saturated heterocycles. The molecule has 0 spiro atoms. The lowest BCUT2D eigenvalue weighted by atomic mass is 10.1. The topological polar surface area (TPSA) is 38.3 Å². The quantitative estimate of drug-likeness (QED) is 0.823. The highest BCUT2D eigenvalue weighted by Crippen LogP contribution is 2.14. The van der Waals surface area contributed by atoms with E-state index in [1.54, 1.807) is 7.11 Å². The Bertz CT molecular complexity index is 335. The minimum Gasteiger partial charge on any atom is -0.375 e. The van der Waals surface area contributed by atoms with E-state index in [9.17, 15) is 4.79 Å². The van der Waals surface area contributed by atoms with E-state index >= 15 is 0 Å². The summed E-state index contributed by atoms with van der Waals surface area (Å²) >= 11 is 0. The van der Waals surface area contributed by atoms with Crippen molar-refractivity contribution in [2.45, 2.75) is 26.4 Å². The Labute approximate surface area is 103 Å². The summed E-state index contributed by atoms with van der Waals surface area (Å²) in [7, 11) is 1.66. The summed E-state index contributed by atoms with van der Waals surface area (Å²) in [6, 6.07) is 9.91. The minimum atomic E-state index is -0.0766. The van der Waals surface area contributed by atoms with Gasteiger partial charge in [0.1, 0.15) is 0 Å². The van der Waals surface area contributed by atoms with Crippen LogP contribution in [0.1, 0.15) is 31.9 Å². The fourth-order valence-electron chi connectivity index (χ4n) is 1.65. The smallest absolute Gasteiger partial charge is 0.220 e. The number of carbonyl (C=O) groups is 1. The van der Waals surface area contributed by atoms with Crippen LogP contribution in [0.25, 0.3) is 0 Å². The van der Waals surface area contributed by atoms with Crippen LogP contribution in [0.5, 0.6) is 0 Å². The van der Waals surface area contributed by atoms with Gasteiger partial charge in [-0.15, -0.1) is 0 Å². The van der Waals surface area contributed by atoms with Gasteiger partial charge >= 0.3 is 0 Å². The number of carbonyl (C=O) groups excluding carboxylic acids is 1. The number of methoxy groups -OCH3 is 1. The van der Waals surface area contributed by atoms with Crippen LogP contribution in [0.3, 0.4) is 0 Å². The van der Waals surface area contributed by atoms with Crippen molar-refractivity contribution in [2.24, 2.45) is 5.92 Å². The van der Waals surface area contributed by atoms with Crippen molar-refractivity contribution >= 4 is 5.91 Å². The van der Waals surface area contributed by atoms with Gasteiger partial charge in [0.2, 0.25) is 5.91 Å². The number of rotatable bonds is 6. The van der Waals surface area contributed by atoms with Gasteiger partial charge < -0.3 is 10.1 Å². The van der Waals surface area contributed by atoms with Crippen molar-refractivity contribution in [3.05, 3.63) is 35.9 Å². The number of amides is 1. The van der Waals surface area contributed by atoms with Crippen molar-refractivity contribution in [2.75, 3.05) is 13.7 Å². The molecule has 3 nitrogen and oxygen atoms in total. The molecule has 94 valence electrons. The van der Waals surface area contributed by atoms with E-state index in [4.69, 9.17) is 4.74 Å². The number of benzene rings is 1. The Hall–Kier alpha value is -1.35. The lowest BCUT2D eigenvalue weighted by molar-refractivity contribution is -0.122. The first kappa shape index (κ1) is 13.7. The summed E-state index contributed by atoms with van der Waals surface area (Å²) in [5, 5.41) is 2.90. The van der Waals surface area contributed by atoms with E-state index in [-0.39, 0.29) is 12.0 Å². The lowest BCUT2D eigenvalue weighted by Gasteiger charge is -2.16. The molecular formula is C14H21NO2. The number of ether oxygens (including phenoxy) is 1. The average molecular weight is 235 g/mol. The molecule has 0 aliphatic heterocycles. The third kappa shape index (κ3) is 5.00. The molecule has 0 aliphatic rings. The van der Waals surface area contributed by atoms with E-state index < -0.39 is 0 Å². The average Bonchev–Trinajstić information content (AvgIpc) is 2.30. The molecule has 0 unspecified atom stereocenters. The maximum Gasteiger partial charge on any atom is 0.220 e. The predicted octanol–water partition coefficient (Wildman–Crippen LogP) is 2.54. The summed E-state index contributed by atoms with van der Waals surface area (Å²) in [6.45, 7) is 4.58. The van der Waals surface area contributed by atoms with Crippen LogP contribution in [0.2, 0.25) is 0 Å². The zero-order valence-electron chi connectivity index (χ0n) is 10.8.